The van der Waals surface area contributed by atoms with E-state index in [4.69, 9.17) is 0 Å². The summed E-state index contributed by atoms with van der Waals surface area (Å²) in [5.74, 6) is 0. The molecule has 0 atom stereocenters. The summed E-state index contributed by atoms with van der Waals surface area (Å²) in [7, 11) is 0. The monoisotopic (exact) mass is 206 g/mol. The molecule has 3 radical (unpaired) electrons. The Balaban J connectivity index is -0.00000000167. The average molecular weight is 206 g/mol. The summed E-state index contributed by atoms with van der Waals surface area (Å²) in [5.41, 5.74) is 0. The zero-order valence-electron chi connectivity index (χ0n) is 2.71. The molecule has 41 valence electrons. The third kappa shape index (κ3) is 29.6. The molecule has 0 aliphatic rings. The second-order valence-corrected chi connectivity index (χ2v) is 0. The maximum atomic E-state index is 3.25. The van der Waals surface area contributed by atoms with Gasteiger partial charge < -0.3 is 6.92 Å². The van der Waals surface area contributed by atoms with Crippen LogP contribution < -0.4 is 0 Å². The van der Waals surface area contributed by atoms with Gasteiger partial charge in [-0.2, -0.15) is 6.92 Å². The molecule has 0 aromatic heterocycles. The summed E-state index contributed by atoms with van der Waals surface area (Å²) < 4.78 is 0. The Morgan fingerprint density at radius 2 is 0.800 bits per heavy atom. The van der Waals surface area contributed by atoms with Crippen molar-refractivity contribution in [1.29, 1.82) is 0 Å². The molecule has 5 heavy (non-hydrogen) atoms. The molecule has 0 nitrogen and oxygen atoms in total. The van der Waals surface area contributed by atoms with Crippen LogP contribution in [0.15, 0.2) is 0 Å². The van der Waals surface area contributed by atoms with Gasteiger partial charge in [0, 0.05) is 50.3 Å². The molecule has 0 aromatic carbocycles. The third-order valence-corrected chi connectivity index (χ3v) is 0. The summed E-state index contributed by atoms with van der Waals surface area (Å²) >= 11 is 0. The van der Waals surface area contributed by atoms with Crippen molar-refractivity contribution in [2.45, 2.75) is 6.92 Å². The van der Waals surface area contributed by atoms with Gasteiger partial charge in [0.15, 0.2) is 0 Å². The van der Waals surface area contributed by atoms with Crippen molar-refractivity contribution in [1.82, 2.24) is 0 Å². The molecule has 0 unspecified atom stereocenters. The van der Waals surface area contributed by atoms with Crippen molar-refractivity contribution in [3.63, 3.8) is 0 Å². The SMILES string of the molecule is [CH2-]C.[Co].[Co].[Co]. The molecule has 0 fully saturated rings. The molecular formula is C2H5Co3-. The van der Waals surface area contributed by atoms with Gasteiger partial charge in [0.2, 0.25) is 0 Å². The quantitative estimate of drug-likeness (QED) is 0.515. The molecule has 0 spiro atoms. The van der Waals surface area contributed by atoms with Gasteiger partial charge in [-0.15, -0.1) is 0 Å². The van der Waals surface area contributed by atoms with Crippen LogP contribution in [-0.4, -0.2) is 0 Å². The predicted molar refractivity (Wildman–Crippen MR) is 11.0 cm³/mol. The standard InChI is InChI=1S/C2H5.3Co/c1-2;;;/h1H2,2H3;;;/q-1;;;. The topological polar surface area (TPSA) is 0 Å². The second-order valence-electron chi connectivity index (χ2n) is 0. The summed E-state index contributed by atoms with van der Waals surface area (Å²) in [6.45, 7) is 5.00. The Hall–Kier alpha value is 1.52. The van der Waals surface area contributed by atoms with Crippen LogP contribution in [0.25, 0.3) is 0 Å². The van der Waals surface area contributed by atoms with Crippen molar-refractivity contribution in [3.05, 3.63) is 6.92 Å². The van der Waals surface area contributed by atoms with E-state index in [9.17, 15) is 0 Å². The maximum Gasteiger partial charge on any atom is 0 e. The van der Waals surface area contributed by atoms with Gasteiger partial charge in [-0.25, -0.2) is 0 Å². The van der Waals surface area contributed by atoms with Crippen LogP contribution in [0, 0.1) is 6.92 Å². The molecular weight excluding hydrogens is 201 g/mol. The Kier molecular flexibility index (Phi) is 306. The van der Waals surface area contributed by atoms with E-state index in [1.807, 2.05) is 0 Å². The van der Waals surface area contributed by atoms with E-state index < -0.39 is 0 Å². The molecule has 0 aliphatic carbocycles. The van der Waals surface area contributed by atoms with E-state index >= 15 is 0 Å². The summed E-state index contributed by atoms with van der Waals surface area (Å²) in [4.78, 5) is 0. The molecule has 0 aliphatic heterocycles. The van der Waals surface area contributed by atoms with Crippen molar-refractivity contribution in [2.24, 2.45) is 0 Å². The van der Waals surface area contributed by atoms with Gasteiger partial charge in [0.1, 0.15) is 0 Å². The fourth-order valence-electron chi connectivity index (χ4n) is 0. The van der Waals surface area contributed by atoms with E-state index in [0.29, 0.717) is 0 Å². The molecule has 0 rings (SSSR count). The second kappa shape index (κ2) is 48.8. The van der Waals surface area contributed by atoms with Crippen LogP contribution in [0.1, 0.15) is 6.92 Å². The Morgan fingerprint density at radius 3 is 0.800 bits per heavy atom. The van der Waals surface area contributed by atoms with E-state index in [1.54, 1.807) is 6.92 Å². The summed E-state index contributed by atoms with van der Waals surface area (Å²) in [5, 5.41) is 0. The summed E-state index contributed by atoms with van der Waals surface area (Å²) in [6, 6.07) is 0. The molecule has 0 amide bonds. The van der Waals surface area contributed by atoms with Crippen LogP contribution in [0.3, 0.4) is 0 Å². The maximum absolute atomic E-state index is 3.25. The summed E-state index contributed by atoms with van der Waals surface area (Å²) in [6.07, 6.45) is 0. The fourth-order valence-corrected chi connectivity index (χ4v) is 0. The van der Waals surface area contributed by atoms with Crippen molar-refractivity contribution in [3.8, 4) is 0 Å². The van der Waals surface area contributed by atoms with Crippen LogP contribution in [0.4, 0.5) is 0 Å². The van der Waals surface area contributed by atoms with E-state index in [2.05, 4.69) is 6.92 Å². The normalized spacial score (nSPS) is 1.20. The first-order chi connectivity index (χ1) is 1.00. The van der Waals surface area contributed by atoms with Crippen LogP contribution in [-0.2, 0) is 50.3 Å². The van der Waals surface area contributed by atoms with Gasteiger partial charge in [-0.1, -0.05) is 0 Å². The number of rotatable bonds is 0. The largest absolute Gasteiger partial charge is 0.346 e. The van der Waals surface area contributed by atoms with Crippen LogP contribution in [0.5, 0.6) is 0 Å². The molecule has 0 saturated carbocycles. The molecule has 0 bridgehead atoms. The van der Waals surface area contributed by atoms with Crippen LogP contribution in [0.2, 0.25) is 0 Å². The number of hydrogen-bond donors (Lipinski definition) is 0. The molecule has 0 N–H and O–H groups in total. The van der Waals surface area contributed by atoms with Gasteiger partial charge in [-0.3, -0.25) is 0 Å². The van der Waals surface area contributed by atoms with Crippen molar-refractivity contribution in [2.75, 3.05) is 0 Å². The van der Waals surface area contributed by atoms with E-state index in [1.165, 1.54) is 0 Å². The first-order valence-corrected chi connectivity index (χ1v) is 0.707. The van der Waals surface area contributed by atoms with Crippen LogP contribution >= 0.6 is 0 Å². The van der Waals surface area contributed by atoms with Crippen molar-refractivity contribution < 1.29 is 50.3 Å². The Labute approximate surface area is 64.1 Å². The first kappa shape index (κ1) is 31.3. The third-order valence-electron chi connectivity index (χ3n) is 0. The fraction of sp³-hybridized carbons (Fsp3) is 0.500. The Morgan fingerprint density at radius 1 is 0.800 bits per heavy atom. The van der Waals surface area contributed by atoms with Gasteiger partial charge in [-0.05, 0) is 0 Å². The smallest absolute Gasteiger partial charge is 0 e. The van der Waals surface area contributed by atoms with Gasteiger partial charge in [0.05, 0.1) is 0 Å². The minimum atomic E-state index is 0. The molecule has 0 heterocycles. The van der Waals surface area contributed by atoms with Gasteiger partial charge in [0.25, 0.3) is 0 Å². The van der Waals surface area contributed by atoms with E-state index in [0.717, 1.165) is 0 Å². The predicted octanol–water partition coefficient (Wildman–Crippen LogP) is 0.833. The minimum absolute atomic E-state index is 0. The molecule has 0 saturated heterocycles. The molecule has 0 aromatic rings. The van der Waals surface area contributed by atoms with Gasteiger partial charge >= 0.3 is 0 Å². The van der Waals surface area contributed by atoms with Crippen molar-refractivity contribution >= 4 is 0 Å². The number of hydrogen-bond acceptors (Lipinski definition) is 0. The Bertz CT molecular complexity index is 4.85. The molecule has 3 heteroatoms. The zero-order valence-corrected chi connectivity index (χ0v) is 5.83. The zero-order chi connectivity index (χ0) is 2.00. The first-order valence-electron chi connectivity index (χ1n) is 0.707. The average Bonchev–Trinajstić information content (AvgIpc) is 1.00. The van der Waals surface area contributed by atoms with E-state index in [-0.39, 0.29) is 50.3 Å². The minimum Gasteiger partial charge on any atom is -0.346 e.